The minimum Gasteiger partial charge on any atom is -0.381 e. The average Bonchev–Trinajstić information content (AvgIpc) is 3.43. The van der Waals surface area contributed by atoms with Crippen LogP contribution in [0.25, 0.3) is 22.0 Å². The highest BCUT2D eigenvalue weighted by Gasteiger charge is 2.25. The lowest BCUT2D eigenvalue weighted by Gasteiger charge is -2.32. The molecule has 0 aliphatic carbocycles. The summed E-state index contributed by atoms with van der Waals surface area (Å²) in [5.74, 6) is 1.13. The number of aromatic nitrogens is 3. The topological polar surface area (TPSA) is 101 Å². The van der Waals surface area contributed by atoms with E-state index in [4.69, 9.17) is 9.84 Å². The number of anilines is 2. The molecule has 0 bridgehead atoms. The number of pyridine rings is 1. The molecule has 9 nitrogen and oxygen atoms in total. The third kappa shape index (κ3) is 6.38. The first-order valence-corrected chi connectivity index (χ1v) is 15.4. The highest BCUT2D eigenvalue weighted by atomic mass is 16.5. The Kier molecular flexibility index (Phi) is 8.23. The van der Waals surface area contributed by atoms with Crippen molar-refractivity contribution < 1.29 is 14.3 Å². The van der Waals surface area contributed by atoms with Gasteiger partial charge in [0.25, 0.3) is 0 Å². The zero-order chi connectivity index (χ0) is 30.8. The van der Waals surface area contributed by atoms with E-state index in [-0.39, 0.29) is 17.4 Å². The lowest BCUT2D eigenvalue weighted by molar-refractivity contribution is -0.127. The summed E-state index contributed by atoms with van der Waals surface area (Å²) >= 11 is 0. The van der Waals surface area contributed by atoms with Crippen LogP contribution in [0.5, 0.6) is 0 Å². The fourth-order valence-corrected chi connectivity index (χ4v) is 5.89. The molecule has 0 atom stereocenters. The van der Waals surface area contributed by atoms with Crippen molar-refractivity contribution in [2.24, 2.45) is 5.92 Å². The molecule has 3 amide bonds. The Morgan fingerprint density at radius 1 is 1.02 bits per heavy atom. The molecule has 1 saturated heterocycles. The lowest BCUT2D eigenvalue weighted by atomic mass is 9.92. The number of amides is 3. The zero-order valence-electron chi connectivity index (χ0n) is 25.9. The number of ether oxygens (including phenoxy) is 1. The van der Waals surface area contributed by atoms with Gasteiger partial charge in [-0.1, -0.05) is 51.1 Å². The maximum atomic E-state index is 13.4. The van der Waals surface area contributed by atoms with Gasteiger partial charge in [-0.25, -0.2) is 9.48 Å². The van der Waals surface area contributed by atoms with E-state index in [0.29, 0.717) is 24.0 Å². The summed E-state index contributed by atoms with van der Waals surface area (Å²) in [6.07, 6.45) is 6.35. The maximum absolute atomic E-state index is 13.4. The minimum absolute atomic E-state index is 0.0680. The SMILES string of the molecule is Cc1ccc(-n2nc(C(C)(C)C)cc2NC(=O)Nc2ccc(C3=CC(=O)N(CC4CCOCC4)CC3)c3ccccc23)cn1. The number of urea groups is 1. The molecule has 4 heterocycles. The Morgan fingerprint density at radius 3 is 2.50 bits per heavy atom. The molecular weight excluding hydrogens is 552 g/mol. The van der Waals surface area contributed by atoms with Gasteiger partial charge in [0, 0.05) is 54.9 Å². The number of hydrogen-bond donors (Lipinski definition) is 2. The number of benzene rings is 2. The Balaban J connectivity index is 1.23. The van der Waals surface area contributed by atoms with Crippen LogP contribution in [0.3, 0.4) is 0 Å². The number of fused-ring (bicyclic) bond motifs is 1. The molecule has 0 unspecified atom stereocenters. The highest BCUT2D eigenvalue weighted by Crippen LogP contribution is 2.34. The second kappa shape index (κ2) is 12.2. The standard InChI is InChI=1S/C35H40N6O3/c1-23-9-10-26(21-36-23)41-32(20-31(39-41)35(2,3)4)38-34(43)37-30-12-11-27(28-7-5-6-8-29(28)30)25-13-16-40(33(42)19-25)22-24-14-17-44-18-15-24/h5-12,19-21,24H,13-18,22H2,1-4H3,(H2,37,38,43). The van der Waals surface area contributed by atoms with E-state index in [2.05, 4.69) is 36.4 Å². The van der Waals surface area contributed by atoms with Crippen molar-refractivity contribution in [2.75, 3.05) is 36.9 Å². The van der Waals surface area contributed by atoms with Crippen LogP contribution in [0.15, 0.2) is 66.9 Å². The summed E-state index contributed by atoms with van der Waals surface area (Å²) in [4.78, 5) is 32.9. The molecule has 4 aromatic rings. The van der Waals surface area contributed by atoms with Crippen LogP contribution >= 0.6 is 0 Å². The summed E-state index contributed by atoms with van der Waals surface area (Å²) in [6.45, 7) is 11.3. The van der Waals surface area contributed by atoms with E-state index in [0.717, 1.165) is 78.0 Å². The van der Waals surface area contributed by atoms with Crippen LogP contribution < -0.4 is 10.6 Å². The Labute approximate surface area is 258 Å². The van der Waals surface area contributed by atoms with Crippen LogP contribution in [-0.4, -0.2) is 57.9 Å². The number of hydrogen-bond acceptors (Lipinski definition) is 5. The van der Waals surface area contributed by atoms with Gasteiger partial charge < -0.3 is 15.0 Å². The van der Waals surface area contributed by atoms with Crippen molar-refractivity contribution in [3.05, 3.63) is 83.8 Å². The summed E-state index contributed by atoms with van der Waals surface area (Å²) in [7, 11) is 0. The van der Waals surface area contributed by atoms with E-state index < -0.39 is 0 Å². The largest absolute Gasteiger partial charge is 0.381 e. The molecule has 2 N–H and O–H groups in total. The number of rotatable bonds is 6. The van der Waals surface area contributed by atoms with E-state index in [1.165, 1.54) is 0 Å². The molecule has 2 aromatic carbocycles. The van der Waals surface area contributed by atoms with E-state index in [1.54, 1.807) is 17.0 Å². The van der Waals surface area contributed by atoms with E-state index >= 15 is 0 Å². The van der Waals surface area contributed by atoms with Gasteiger partial charge in [-0.2, -0.15) is 5.10 Å². The fourth-order valence-electron chi connectivity index (χ4n) is 5.89. The maximum Gasteiger partial charge on any atom is 0.324 e. The first-order valence-electron chi connectivity index (χ1n) is 15.4. The number of carbonyl (C=O) groups is 2. The summed E-state index contributed by atoms with van der Waals surface area (Å²) < 4.78 is 7.20. The molecule has 1 fully saturated rings. The Bertz CT molecular complexity index is 1710. The van der Waals surface area contributed by atoms with Crippen LogP contribution in [0, 0.1) is 12.8 Å². The molecule has 6 rings (SSSR count). The van der Waals surface area contributed by atoms with Crippen molar-refractivity contribution in [1.82, 2.24) is 19.7 Å². The third-order valence-corrected chi connectivity index (χ3v) is 8.46. The number of aryl methyl sites for hydroxylation is 1. The highest BCUT2D eigenvalue weighted by molar-refractivity contribution is 6.10. The van der Waals surface area contributed by atoms with Crippen LogP contribution in [0.1, 0.15) is 57.0 Å². The first-order chi connectivity index (χ1) is 21.2. The zero-order valence-corrected chi connectivity index (χ0v) is 25.9. The summed E-state index contributed by atoms with van der Waals surface area (Å²) in [6, 6.07) is 17.3. The van der Waals surface area contributed by atoms with Gasteiger partial charge in [0.15, 0.2) is 0 Å². The van der Waals surface area contributed by atoms with Crippen molar-refractivity contribution >= 4 is 39.8 Å². The van der Waals surface area contributed by atoms with Gasteiger partial charge in [-0.3, -0.25) is 15.1 Å². The molecule has 0 saturated carbocycles. The molecule has 2 aromatic heterocycles. The average molecular weight is 593 g/mol. The number of carbonyl (C=O) groups excluding carboxylic acids is 2. The van der Waals surface area contributed by atoms with Crippen molar-refractivity contribution in [3.8, 4) is 5.69 Å². The van der Waals surface area contributed by atoms with Gasteiger partial charge in [0.2, 0.25) is 5.91 Å². The molecule has 44 heavy (non-hydrogen) atoms. The molecular formula is C35H40N6O3. The molecule has 2 aliphatic rings. The normalized spacial score (nSPS) is 16.2. The van der Waals surface area contributed by atoms with Gasteiger partial charge in [-0.05, 0) is 66.8 Å². The molecule has 0 spiro atoms. The second-order valence-electron chi connectivity index (χ2n) is 12.8. The van der Waals surface area contributed by atoms with Gasteiger partial charge in [-0.15, -0.1) is 0 Å². The third-order valence-electron chi connectivity index (χ3n) is 8.46. The Hall–Kier alpha value is -4.50. The fraction of sp³-hybridized carbons (Fsp3) is 0.371. The molecule has 9 heteroatoms. The van der Waals surface area contributed by atoms with E-state index in [9.17, 15) is 9.59 Å². The van der Waals surface area contributed by atoms with Crippen LogP contribution in [-0.2, 0) is 14.9 Å². The second-order valence-corrected chi connectivity index (χ2v) is 12.8. The quantitative estimate of drug-likeness (QED) is 0.259. The van der Waals surface area contributed by atoms with Gasteiger partial charge >= 0.3 is 6.03 Å². The first kappa shape index (κ1) is 29.6. The monoisotopic (exact) mass is 592 g/mol. The molecule has 228 valence electrons. The van der Waals surface area contributed by atoms with Crippen molar-refractivity contribution in [1.29, 1.82) is 0 Å². The van der Waals surface area contributed by atoms with Crippen LogP contribution in [0.2, 0.25) is 0 Å². The van der Waals surface area contributed by atoms with Gasteiger partial charge in [0.05, 0.1) is 23.3 Å². The van der Waals surface area contributed by atoms with Gasteiger partial charge in [0.1, 0.15) is 5.82 Å². The number of nitrogens with one attached hydrogen (secondary N) is 2. The molecule has 2 aliphatic heterocycles. The molecule has 0 radical (unpaired) electrons. The predicted octanol–water partition coefficient (Wildman–Crippen LogP) is 6.71. The summed E-state index contributed by atoms with van der Waals surface area (Å²) in [5.41, 5.74) is 5.04. The summed E-state index contributed by atoms with van der Waals surface area (Å²) in [5, 5.41) is 12.7. The van der Waals surface area contributed by atoms with Crippen LogP contribution in [0.4, 0.5) is 16.3 Å². The van der Waals surface area contributed by atoms with E-state index in [1.807, 2.05) is 66.4 Å². The minimum atomic E-state index is -0.375. The lowest BCUT2D eigenvalue weighted by Crippen LogP contribution is -2.39. The predicted molar refractivity (Wildman–Crippen MR) is 174 cm³/mol. The Morgan fingerprint density at radius 2 is 1.80 bits per heavy atom. The van der Waals surface area contributed by atoms with Crippen molar-refractivity contribution in [3.63, 3.8) is 0 Å². The number of nitrogens with zero attached hydrogens (tertiary/aromatic N) is 4. The van der Waals surface area contributed by atoms with Crippen molar-refractivity contribution in [2.45, 2.75) is 52.4 Å². The smallest absolute Gasteiger partial charge is 0.324 e.